The summed E-state index contributed by atoms with van der Waals surface area (Å²) in [7, 11) is 0. The van der Waals surface area contributed by atoms with Gasteiger partial charge >= 0.3 is 6.18 Å². The Morgan fingerprint density at radius 3 is 2.20 bits per heavy atom. The monoisotopic (exact) mass is 299 g/mol. The molecule has 0 radical (unpaired) electrons. The second-order valence-electron chi connectivity index (χ2n) is 4.00. The number of hydrogen-bond donors (Lipinski definition) is 1. The van der Waals surface area contributed by atoms with Gasteiger partial charge in [-0.2, -0.15) is 13.2 Å². The Morgan fingerprint density at radius 2 is 1.60 bits per heavy atom. The van der Waals surface area contributed by atoms with Crippen molar-refractivity contribution < 1.29 is 18.0 Å². The van der Waals surface area contributed by atoms with Gasteiger partial charge in [-0.1, -0.05) is 23.7 Å². The smallest absolute Gasteiger partial charge is 0.322 e. The summed E-state index contributed by atoms with van der Waals surface area (Å²) in [5.41, 5.74) is -1.02. The maximum Gasteiger partial charge on any atom is 0.417 e. The number of halogens is 4. The number of carbonyl (C=O) groups excluding carboxylic acids is 1. The lowest BCUT2D eigenvalue weighted by molar-refractivity contribution is -0.137. The van der Waals surface area contributed by atoms with Crippen molar-refractivity contribution in [2.24, 2.45) is 0 Å². The van der Waals surface area contributed by atoms with Crippen LogP contribution in [0, 0.1) is 0 Å². The Hall–Kier alpha value is -2.01. The molecule has 6 heteroatoms. The number of anilines is 1. The third kappa shape index (κ3) is 3.30. The first-order valence-electron chi connectivity index (χ1n) is 5.61. The topological polar surface area (TPSA) is 29.1 Å². The van der Waals surface area contributed by atoms with Gasteiger partial charge in [-0.15, -0.1) is 0 Å². The van der Waals surface area contributed by atoms with Gasteiger partial charge in [0, 0.05) is 10.7 Å². The zero-order valence-corrected chi connectivity index (χ0v) is 10.8. The molecule has 0 fully saturated rings. The van der Waals surface area contributed by atoms with Gasteiger partial charge in [-0.05, 0) is 36.4 Å². The highest BCUT2D eigenvalue weighted by Gasteiger charge is 2.34. The average molecular weight is 300 g/mol. The molecule has 0 heterocycles. The summed E-state index contributed by atoms with van der Waals surface area (Å²) in [4.78, 5) is 11.9. The van der Waals surface area contributed by atoms with Gasteiger partial charge in [0.15, 0.2) is 0 Å². The van der Waals surface area contributed by atoms with Crippen LogP contribution >= 0.6 is 11.6 Å². The molecule has 1 N–H and O–H groups in total. The summed E-state index contributed by atoms with van der Waals surface area (Å²) in [6, 6.07) is 10.7. The van der Waals surface area contributed by atoms with Crippen molar-refractivity contribution in [2.45, 2.75) is 6.18 Å². The molecule has 0 aliphatic carbocycles. The van der Waals surface area contributed by atoms with Crippen LogP contribution in [0.5, 0.6) is 0 Å². The molecule has 20 heavy (non-hydrogen) atoms. The van der Waals surface area contributed by atoms with E-state index in [9.17, 15) is 18.0 Å². The SMILES string of the molecule is O=C(Nc1ccc(Cl)cc1)c1ccccc1C(F)(F)F. The van der Waals surface area contributed by atoms with Crippen LogP contribution in [0.4, 0.5) is 18.9 Å². The molecule has 0 spiro atoms. The Labute approximate surface area is 118 Å². The highest BCUT2D eigenvalue weighted by atomic mass is 35.5. The quantitative estimate of drug-likeness (QED) is 0.862. The minimum atomic E-state index is -4.58. The van der Waals surface area contributed by atoms with E-state index in [1.54, 1.807) is 0 Å². The van der Waals surface area contributed by atoms with Gasteiger partial charge in [0.2, 0.25) is 0 Å². The Balaban J connectivity index is 2.28. The first kappa shape index (κ1) is 14.4. The van der Waals surface area contributed by atoms with E-state index in [0.29, 0.717) is 10.7 Å². The van der Waals surface area contributed by atoms with E-state index < -0.39 is 23.2 Å². The Morgan fingerprint density at radius 1 is 1.00 bits per heavy atom. The van der Waals surface area contributed by atoms with Crippen molar-refractivity contribution in [2.75, 3.05) is 5.32 Å². The van der Waals surface area contributed by atoms with Crippen molar-refractivity contribution in [1.29, 1.82) is 0 Å². The molecule has 0 unspecified atom stereocenters. The minimum absolute atomic E-state index is 0.372. The standard InChI is InChI=1S/C14H9ClF3NO/c15-9-5-7-10(8-6-9)19-13(20)11-3-1-2-4-12(11)14(16,17)18/h1-8H,(H,19,20). The third-order valence-corrected chi connectivity index (χ3v) is 2.83. The van der Waals surface area contributed by atoms with Crippen LogP contribution in [-0.4, -0.2) is 5.91 Å². The van der Waals surface area contributed by atoms with Gasteiger partial charge in [-0.25, -0.2) is 0 Å². The van der Waals surface area contributed by atoms with Crippen molar-refractivity contribution >= 4 is 23.2 Å². The van der Waals surface area contributed by atoms with Crippen LogP contribution in [0.15, 0.2) is 48.5 Å². The Kier molecular flexibility index (Phi) is 3.99. The van der Waals surface area contributed by atoms with Crippen LogP contribution in [0.1, 0.15) is 15.9 Å². The molecule has 0 saturated heterocycles. The van der Waals surface area contributed by atoms with E-state index in [0.717, 1.165) is 12.1 Å². The fraction of sp³-hybridized carbons (Fsp3) is 0.0714. The lowest BCUT2D eigenvalue weighted by Gasteiger charge is -2.12. The minimum Gasteiger partial charge on any atom is -0.322 e. The molecule has 1 amide bonds. The number of amides is 1. The molecule has 0 saturated carbocycles. The number of rotatable bonds is 2. The summed E-state index contributed by atoms with van der Waals surface area (Å²) in [6.07, 6.45) is -4.58. The second-order valence-corrected chi connectivity index (χ2v) is 4.44. The summed E-state index contributed by atoms with van der Waals surface area (Å²) in [5, 5.41) is 2.87. The third-order valence-electron chi connectivity index (χ3n) is 2.58. The summed E-state index contributed by atoms with van der Waals surface area (Å²) >= 11 is 5.69. The molecule has 104 valence electrons. The lowest BCUT2D eigenvalue weighted by Crippen LogP contribution is -2.18. The first-order valence-corrected chi connectivity index (χ1v) is 5.99. The van der Waals surface area contributed by atoms with Gasteiger partial charge in [0.05, 0.1) is 11.1 Å². The van der Waals surface area contributed by atoms with E-state index in [-0.39, 0.29) is 0 Å². The number of nitrogens with one attached hydrogen (secondary N) is 1. The van der Waals surface area contributed by atoms with Crippen LogP contribution in [-0.2, 0) is 6.18 Å². The fourth-order valence-electron chi connectivity index (χ4n) is 1.66. The molecule has 2 rings (SSSR count). The molecular weight excluding hydrogens is 291 g/mol. The van der Waals surface area contributed by atoms with Crippen LogP contribution < -0.4 is 5.32 Å². The van der Waals surface area contributed by atoms with Gasteiger partial charge in [-0.3, -0.25) is 4.79 Å². The maximum atomic E-state index is 12.8. The second kappa shape index (κ2) is 5.54. The molecule has 0 aliphatic heterocycles. The number of alkyl halides is 3. The van der Waals surface area contributed by atoms with E-state index in [1.165, 1.54) is 36.4 Å². The normalized spacial score (nSPS) is 11.2. The first-order chi connectivity index (χ1) is 9.38. The largest absolute Gasteiger partial charge is 0.417 e. The van der Waals surface area contributed by atoms with Gasteiger partial charge < -0.3 is 5.32 Å². The van der Waals surface area contributed by atoms with E-state index >= 15 is 0 Å². The van der Waals surface area contributed by atoms with Crippen molar-refractivity contribution in [3.63, 3.8) is 0 Å². The summed E-state index contributed by atoms with van der Waals surface area (Å²) in [5.74, 6) is -0.819. The highest BCUT2D eigenvalue weighted by Crippen LogP contribution is 2.32. The van der Waals surface area contributed by atoms with Crippen LogP contribution in [0.3, 0.4) is 0 Å². The zero-order valence-electron chi connectivity index (χ0n) is 10.0. The predicted octanol–water partition coefficient (Wildman–Crippen LogP) is 4.61. The number of hydrogen-bond acceptors (Lipinski definition) is 1. The lowest BCUT2D eigenvalue weighted by atomic mass is 10.1. The summed E-state index contributed by atoms with van der Waals surface area (Å²) in [6.45, 7) is 0. The van der Waals surface area contributed by atoms with Crippen LogP contribution in [0.2, 0.25) is 5.02 Å². The zero-order chi connectivity index (χ0) is 14.8. The van der Waals surface area contributed by atoms with Gasteiger partial charge in [0.25, 0.3) is 5.91 Å². The fourth-order valence-corrected chi connectivity index (χ4v) is 1.79. The highest BCUT2D eigenvalue weighted by molar-refractivity contribution is 6.30. The van der Waals surface area contributed by atoms with Crippen molar-refractivity contribution in [1.82, 2.24) is 0 Å². The average Bonchev–Trinajstić information content (AvgIpc) is 2.40. The number of benzene rings is 2. The molecule has 2 nitrogen and oxygen atoms in total. The van der Waals surface area contributed by atoms with E-state index in [4.69, 9.17) is 11.6 Å². The van der Waals surface area contributed by atoms with E-state index in [1.807, 2.05) is 0 Å². The molecular formula is C14H9ClF3NO. The Bertz CT molecular complexity index is 623. The molecule has 0 aromatic heterocycles. The maximum absolute atomic E-state index is 12.8. The predicted molar refractivity (Wildman–Crippen MR) is 70.8 cm³/mol. The van der Waals surface area contributed by atoms with Crippen molar-refractivity contribution in [3.8, 4) is 0 Å². The van der Waals surface area contributed by atoms with Crippen molar-refractivity contribution in [3.05, 3.63) is 64.7 Å². The van der Waals surface area contributed by atoms with Crippen LogP contribution in [0.25, 0.3) is 0 Å². The van der Waals surface area contributed by atoms with Gasteiger partial charge in [0.1, 0.15) is 0 Å². The van der Waals surface area contributed by atoms with E-state index in [2.05, 4.69) is 5.32 Å². The molecule has 2 aromatic carbocycles. The molecule has 2 aromatic rings. The molecule has 0 bridgehead atoms. The molecule has 0 aliphatic rings. The molecule has 0 atom stereocenters. The summed E-state index contributed by atoms with van der Waals surface area (Å²) < 4.78 is 38.4. The number of carbonyl (C=O) groups is 1.